The smallest absolute Gasteiger partial charge is 0.250 e. The number of benzene rings is 2. The maximum absolute atomic E-state index is 11.3. The molecule has 1 amide bonds. The van der Waals surface area contributed by atoms with Crippen LogP contribution in [0.15, 0.2) is 36.5 Å². The van der Waals surface area contributed by atoms with Gasteiger partial charge in [-0.15, -0.1) is 0 Å². The lowest BCUT2D eigenvalue weighted by molar-refractivity contribution is 0.1000. The standard InChI is InChI=1S/C15H11N3O/c16-15(19)9-4-11-10-2-1-3-12-14(10)8(6-17-12)5-13(11)18-7-9/h1-5,7,17H,6H2,(H2,16,19). The molecule has 2 heterocycles. The second-order valence-electron chi connectivity index (χ2n) is 4.77. The van der Waals surface area contributed by atoms with E-state index < -0.39 is 5.91 Å². The minimum absolute atomic E-state index is 0.444. The Hall–Kier alpha value is -2.62. The molecule has 4 heteroatoms. The predicted molar refractivity (Wildman–Crippen MR) is 75.1 cm³/mol. The molecule has 0 spiro atoms. The van der Waals surface area contributed by atoms with Gasteiger partial charge in [0.2, 0.25) is 5.91 Å². The predicted octanol–water partition coefficient (Wildman–Crippen LogP) is 2.41. The van der Waals surface area contributed by atoms with Crippen molar-refractivity contribution < 1.29 is 4.79 Å². The summed E-state index contributed by atoms with van der Waals surface area (Å²) in [7, 11) is 0. The van der Waals surface area contributed by atoms with Crippen LogP contribution in [0.2, 0.25) is 0 Å². The molecule has 1 aromatic heterocycles. The van der Waals surface area contributed by atoms with Crippen LogP contribution in [-0.4, -0.2) is 10.9 Å². The molecule has 0 unspecified atom stereocenters. The number of carbonyl (C=O) groups is 1. The molecule has 92 valence electrons. The number of hydrogen-bond donors (Lipinski definition) is 2. The summed E-state index contributed by atoms with van der Waals surface area (Å²) in [4.78, 5) is 15.7. The van der Waals surface area contributed by atoms with Crippen LogP contribution in [0.25, 0.3) is 21.7 Å². The van der Waals surface area contributed by atoms with Crippen molar-refractivity contribution in [3.63, 3.8) is 0 Å². The van der Waals surface area contributed by atoms with Gasteiger partial charge in [-0.05, 0) is 29.1 Å². The molecule has 4 rings (SSSR count). The number of nitrogens with zero attached hydrogens (tertiary/aromatic N) is 1. The number of amides is 1. The Bertz CT molecular complexity index is 855. The molecule has 0 saturated carbocycles. The van der Waals surface area contributed by atoms with Crippen molar-refractivity contribution in [1.82, 2.24) is 4.98 Å². The van der Waals surface area contributed by atoms with Gasteiger partial charge < -0.3 is 11.1 Å². The van der Waals surface area contributed by atoms with Gasteiger partial charge in [-0.1, -0.05) is 12.1 Å². The summed E-state index contributed by atoms with van der Waals surface area (Å²) in [5, 5.41) is 6.68. The third-order valence-electron chi connectivity index (χ3n) is 3.66. The molecule has 0 aliphatic carbocycles. The number of rotatable bonds is 1. The molecule has 1 aliphatic heterocycles. The van der Waals surface area contributed by atoms with Gasteiger partial charge in [0.15, 0.2) is 0 Å². The highest BCUT2D eigenvalue weighted by atomic mass is 16.1. The van der Waals surface area contributed by atoms with Gasteiger partial charge in [0.25, 0.3) is 0 Å². The van der Waals surface area contributed by atoms with E-state index in [0.717, 1.165) is 28.5 Å². The van der Waals surface area contributed by atoms with Crippen molar-refractivity contribution in [2.24, 2.45) is 5.73 Å². The first kappa shape index (κ1) is 10.3. The summed E-state index contributed by atoms with van der Waals surface area (Å²) in [6, 6.07) is 10.0. The van der Waals surface area contributed by atoms with E-state index in [1.165, 1.54) is 17.1 Å². The number of hydrogen-bond acceptors (Lipinski definition) is 3. The quantitative estimate of drug-likeness (QED) is 0.651. The van der Waals surface area contributed by atoms with Gasteiger partial charge in [-0.2, -0.15) is 0 Å². The molecule has 3 aromatic rings. The van der Waals surface area contributed by atoms with Crippen molar-refractivity contribution in [1.29, 1.82) is 0 Å². The fraction of sp³-hybridized carbons (Fsp3) is 0.0667. The van der Waals surface area contributed by atoms with Crippen LogP contribution in [0.4, 0.5) is 5.69 Å². The van der Waals surface area contributed by atoms with Gasteiger partial charge in [-0.25, -0.2) is 0 Å². The second kappa shape index (κ2) is 3.45. The lowest BCUT2D eigenvalue weighted by atomic mass is 10.00. The van der Waals surface area contributed by atoms with E-state index >= 15 is 0 Å². The van der Waals surface area contributed by atoms with Gasteiger partial charge in [0.1, 0.15) is 0 Å². The highest BCUT2D eigenvalue weighted by molar-refractivity contribution is 6.14. The monoisotopic (exact) mass is 249 g/mol. The van der Waals surface area contributed by atoms with E-state index in [1.54, 1.807) is 0 Å². The van der Waals surface area contributed by atoms with Crippen molar-refractivity contribution in [2.75, 3.05) is 5.32 Å². The molecule has 4 nitrogen and oxygen atoms in total. The summed E-state index contributed by atoms with van der Waals surface area (Å²) in [5.41, 5.74) is 9.06. The van der Waals surface area contributed by atoms with E-state index in [1.807, 2.05) is 12.1 Å². The van der Waals surface area contributed by atoms with Crippen molar-refractivity contribution in [3.8, 4) is 0 Å². The average molecular weight is 249 g/mol. The van der Waals surface area contributed by atoms with Crippen molar-refractivity contribution in [2.45, 2.75) is 6.54 Å². The molecule has 0 atom stereocenters. The number of primary amides is 1. The Morgan fingerprint density at radius 3 is 3.00 bits per heavy atom. The average Bonchev–Trinajstić information content (AvgIpc) is 2.83. The lowest BCUT2D eigenvalue weighted by Crippen LogP contribution is -2.11. The Morgan fingerprint density at radius 2 is 2.16 bits per heavy atom. The highest BCUT2D eigenvalue weighted by Crippen LogP contribution is 2.37. The van der Waals surface area contributed by atoms with E-state index in [2.05, 4.69) is 28.5 Å². The summed E-state index contributed by atoms with van der Waals surface area (Å²) in [6.45, 7) is 0.824. The first-order chi connectivity index (χ1) is 9.24. The van der Waals surface area contributed by atoms with E-state index in [4.69, 9.17) is 5.73 Å². The van der Waals surface area contributed by atoms with Crippen LogP contribution < -0.4 is 11.1 Å². The molecule has 3 N–H and O–H groups in total. The lowest BCUT2D eigenvalue weighted by Gasteiger charge is -2.06. The SMILES string of the molecule is NC(=O)c1cnc2cc3c4c(cccc4c2c1)NC3. The zero-order valence-corrected chi connectivity index (χ0v) is 10.1. The van der Waals surface area contributed by atoms with Crippen molar-refractivity contribution in [3.05, 3.63) is 47.7 Å². The van der Waals surface area contributed by atoms with Crippen LogP contribution in [0, 0.1) is 0 Å². The highest BCUT2D eigenvalue weighted by Gasteiger charge is 2.16. The summed E-state index contributed by atoms with van der Waals surface area (Å²) < 4.78 is 0. The molecule has 19 heavy (non-hydrogen) atoms. The van der Waals surface area contributed by atoms with E-state index in [0.29, 0.717) is 5.56 Å². The Labute approximate surface area is 109 Å². The van der Waals surface area contributed by atoms with E-state index in [-0.39, 0.29) is 0 Å². The van der Waals surface area contributed by atoms with Gasteiger partial charge >= 0.3 is 0 Å². The van der Waals surface area contributed by atoms with Crippen LogP contribution >= 0.6 is 0 Å². The first-order valence-corrected chi connectivity index (χ1v) is 6.12. The molecule has 0 radical (unpaired) electrons. The molecular formula is C15H11N3O. The van der Waals surface area contributed by atoms with E-state index in [9.17, 15) is 4.79 Å². The number of nitrogens with one attached hydrogen (secondary N) is 1. The van der Waals surface area contributed by atoms with Gasteiger partial charge in [-0.3, -0.25) is 9.78 Å². The zero-order chi connectivity index (χ0) is 13.0. The first-order valence-electron chi connectivity index (χ1n) is 6.12. The minimum atomic E-state index is -0.448. The third-order valence-corrected chi connectivity index (χ3v) is 3.66. The largest absolute Gasteiger partial charge is 0.380 e. The number of nitrogens with two attached hydrogens (primary N) is 1. The van der Waals surface area contributed by atoms with Crippen LogP contribution in [0.3, 0.4) is 0 Å². The number of pyridine rings is 1. The van der Waals surface area contributed by atoms with Crippen molar-refractivity contribution >= 4 is 33.3 Å². The molecule has 0 bridgehead atoms. The normalized spacial score (nSPS) is 12.8. The molecule has 0 fully saturated rings. The number of fused-ring (bicyclic) bond motifs is 2. The Balaban J connectivity index is 2.21. The molecule has 2 aromatic carbocycles. The van der Waals surface area contributed by atoms with Crippen LogP contribution in [0.1, 0.15) is 15.9 Å². The summed E-state index contributed by atoms with van der Waals surface area (Å²) in [5.74, 6) is -0.448. The maximum Gasteiger partial charge on any atom is 0.250 e. The minimum Gasteiger partial charge on any atom is -0.380 e. The molecule has 0 saturated heterocycles. The van der Waals surface area contributed by atoms with Gasteiger partial charge in [0, 0.05) is 29.2 Å². The fourth-order valence-electron chi connectivity index (χ4n) is 2.78. The zero-order valence-electron chi connectivity index (χ0n) is 10.1. The summed E-state index contributed by atoms with van der Waals surface area (Å²) in [6.07, 6.45) is 1.54. The maximum atomic E-state index is 11.3. The summed E-state index contributed by atoms with van der Waals surface area (Å²) >= 11 is 0. The topological polar surface area (TPSA) is 68.0 Å². The third kappa shape index (κ3) is 1.34. The Kier molecular flexibility index (Phi) is 1.87. The van der Waals surface area contributed by atoms with Crippen LogP contribution in [0.5, 0.6) is 0 Å². The number of aromatic nitrogens is 1. The Morgan fingerprint density at radius 1 is 1.26 bits per heavy atom. The number of carbonyl (C=O) groups excluding carboxylic acids is 1. The van der Waals surface area contributed by atoms with Crippen LogP contribution in [-0.2, 0) is 6.54 Å². The molecular weight excluding hydrogens is 238 g/mol. The van der Waals surface area contributed by atoms with Gasteiger partial charge in [0.05, 0.1) is 11.1 Å². The molecule has 1 aliphatic rings. The fourth-order valence-corrected chi connectivity index (χ4v) is 2.78. The second-order valence-corrected chi connectivity index (χ2v) is 4.77. The number of anilines is 1.